The van der Waals surface area contributed by atoms with E-state index in [0.29, 0.717) is 17.7 Å². The van der Waals surface area contributed by atoms with Crippen LogP contribution in [0, 0.1) is 29.1 Å². The third-order valence-electron chi connectivity index (χ3n) is 7.31. The third kappa shape index (κ3) is 6.80. The molecule has 5 aromatic carbocycles. The maximum absolute atomic E-state index is 15.1. The SMILES string of the molecule is CCCCCc1ccc(-c2ccc(-c3ccc(C(F)(F)Oc4cc(F)c(-c5ccc(F)cc5)c(F)c4)c(F)c3)c(F)c2)cc1. The summed E-state index contributed by atoms with van der Waals surface area (Å²) in [5.74, 6) is -6.06. The van der Waals surface area contributed by atoms with Crippen LogP contribution in [0.5, 0.6) is 5.75 Å². The zero-order chi connectivity index (χ0) is 31.4. The summed E-state index contributed by atoms with van der Waals surface area (Å²) in [4.78, 5) is 0. The normalized spacial score (nSPS) is 11.5. The predicted octanol–water partition coefficient (Wildman–Crippen LogP) is 11.2. The molecule has 0 spiro atoms. The van der Waals surface area contributed by atoms with Crippen LogP contribution in [-0.4, -0.2) is 0 Å². The summed E-state index contributed by atoms with van der Waals surface area (Å²) in [6.07, 6.45) is 0.00314. The van der Waals surface area contributed by atoms with Crippen LogP contribution in [-0.2, 0) is 12.5 Å². The summed E-state index contributed by atoms with van der Waals surface area (Å²) in [5, 5.41) is 0. The van der Waals surface area contributed by atoms with E-state index in [1.165, 1.54) is 17.7 Å². The molecule has 0 fully saturated rings. The Bertz CT molecular complexity index is 1740. The maximum atomic E-state index is 15.1. The molecule has 0 saturated heterocycles. The molecule has 0 aliphatic carbocycles. The molecule has 1 nitrogen and oxygen atoms in total. The fraction of sp³-hybridized carbons (Fsp3) is 0.167. The zero-order valence-corrected chi connectivity index (χ0v) is 23.6. The lowest BCUT2D eigenvalue weighted by Gasteiger charge is -2.20. The largest absolute Gasteiger partial charge is 0.429 e. The smallest absolute Gasteiger partial charge is 0.429 e. The number of rotatable bonds is 10. The Labute approximate surface area is 250 Å². The minimum Gasteiger partial charge on any atom is -0.429 e. The summed E-state index contributed by atoms with van der Waals surface area (Å²) < 4.78 is 107. The van der Waals surface area contributed by atoms with Gasteiger partial charge < -0.3 is 4.74 Å². The molecule has 0 aliphatic heterocycles. The van der Waals surface area contributed by atoms with Gasteiger partial charge in [0.05, 0.1) is 11.1 Å². The van der Waals surface area contributed by atoms with Gasteiger partial charge in [0.15, 0.2) is 0 Å². The summed E-state index contributed by atoms with van der Waals surface area (Å²) in [5.41, 5.74) is 0.813. The van der Waals surface area contributed by atoms with Gasteiger partial charge in [0, 0.05) is 17.7 Å². The summed E-state index contributed by atoms with van der Waals surface area (Å²) in [7, 11) is 0. The Morgan fingerprint density at radius 3 is 1.77 bits per heavy atom. The van der Waals surface area contributed by atoms with Crippen molar-refractivity contribution in [2.75, 3.05) is 0 Å². The number of benzene rings is 5. The van der Waals surface area contributed by atoms with Crippen LogP contribution >= 0.6 is 0 Å². The van der Waals surface area contributed by atoms with Gasteiger partial charge in [-0.15, -0.1) is 0 Å². The van der Waals surface area contributed by atoms with Gasteiger partial charge in [-0.2, -0.15) is 8.78 Å². The molecule has 0 heterocycles. The Morgan fingerprint density at radius 2 is 1.16 bits per heavy atom. The second-order valence-corrected chi connectivity index (χ2v) is 10.4. The molecule has 0 amide bonds. The minimum absolute atomic E-state index is 0.000134. The van der Waals surface area contributed by atoms with Gasteiger partial charge in [-0.25, -0.2) is 22.0 Å². The molecule has 0 radical (unpaired) electrons. The highest BCUT2D eigenvalue weighted by Gasteiger charge is 2.38. The summed E-state index contributed by atoms with van der Waals surface area (Å²) in [6.45, 7) is 2.14. The number of aryl methyl sites for hydroxylation is 1. The van der Waals surface area contributed by atoms with E-state index in [1.54, 1.807) is 6.07 Å². The van der Waals surface area contributed by atoms with Crippen molar-refractivity contribution in [1.82, 2.24) is 0 Å². The van der Waals surface area contributed by atoms with Crippen molar-refractivity contribution in [2.24, 2.45) is 0 Å². The second kappa shape index (κ2) is 13.0. The molecular formula is C36H27F7O. The van der Waals surface area contributed by atoms with Gasteiger partial charge in [0.2, 0.25) is 0 Å². The molecule has 44 heavy (non-hydrogen) atoms. The molecule has 0 unspecified atom stereocenters. The van der Waals surface area contributed by atoms with Crippen LogP contribution in [0.2, 0.25) is 0 Å². The van der Waals surface area contributed by atoms with Crippen LogP contribution in [0.25, 0.3) is 33.4 Å². The lowest BCUT2D eigenvalue weighted by atomic mass is 9.97. The van der Waals surface area contributed by atoms with Gasteiger partial charge in [0.1, 0.15) is 34.8 Å². The molecule has 0 atom stereocenters. The van der Waals surface area contributed by atoms with Crippen molar-refractivity contribution in [3.8, 4) is 39.1 Å². The highest BCUT2D eigenvalue weighted by molar-refractivity contribution is 5.71. The first kappa shape index (κ1) is 30.9. The lowest BCUT2D eigenvalue weighted by molar-refractivity contribution is -0.187. The van der Waals surface area contributed by atoms with E-state index >= 15 is 4.39 Å². The molecule has 0 bridgehead atoms. The van der Waals surface area contributed by atoms with E-state index in [1.807, 2.05) is 24.3 Å². The van der Waals surface area contributed by atoms with Gasteiger partial charge in [0.25, 0.3) is 0 Å². The molecule has 5 rings (SSSR count). The highest BCUT2D eigenvalue weighted by Crippen LogP contribution is 2.38. The molecular weight excluding hydrogens is 581 g/mol. The topological polar surface area (TPSA) is 9.23 Å². The number of hydrogen-bond donors (Lipinski definition) is 0. The van der Waals surface area contributed by atoms with E-state index in [4.69, 9.17) is 0 Å². The molecule has 226 valence electrons. The molecule has 0 N–H and O–H groups in total. The van der Waals surface area contributed by atoms with Crippen LogP contribution in [0.4, 0.5) is 30.7 Å². The Morgan fingerprint density at radius 1 is 0.568 bits per heavy atom. The zero-order valence-electron chi connectivity index (χ0n) is 23.6. The van der Waals surface area contributed by atoms with Gasteiger partial charge in [-0.05, 0) is 71.0 Å². The molecule has 5 aromatic rings. The maximum Gasteiger partial charge on any atom is 0.429 e. The van der Waals surface area contributed by atoms with Crippen LogP contribution in [0.1, 0.15) is 37.3 Å². The van der Waals surface area contributed by atoms with Crippen LogP contribution < -0.4 is 4.74 Å². The lowest BCUT2D eigenvalue weighted by Crippen LogP contribution is -2.23. The van der Waals surface area contributed by atoms with Crippen molar-refractivity contribution < 1.29 is 35.5 Å². The first-order chi connectivity index (χ1) is 21.1. The highest BCUT2D eigenvalue weighted by atomic mass is 19.3. The first-order valence-corrected chi connectivity index (χ1v) is 14.1. The number of unbranched alkanes of at least 4 members (excludes halogenated alkanes) is 2. The molecule has 0 saturated carbocycles. The Balaban J connectivity index is 1.34. The van der Waals surface area contributed by atoms with E-state index in [0.717, 1.165) is 73.7 Å². The standard InChI is InChI=1S/C36H27F7O/c1-2-3-4-5-22-6-8-23(9-7-22)25-12-16-29(31(38)18-25)26-13-17-30(32(39)19-26)36(42,43)44-28-20-33(40)35(34(41)21-28)24-10-14-27(37)15-11-24/h6-21H,2-5H2,1H3. The number of halogens is 7. The van der Waals surface area contributed by atoms with E-state index < -0.39 is 52.1 Å². The van der Waals surface area contributed by atoms with E-state index in [9.17, 15) is 26.3 Å². The van der Waals surface area contributed by atoms with Gasteiger partial charge >= 0.3 is 6.11 Å². The first-order valence-electron chi connectivity index (χ1n) is 14.1. The van der Waals surface area contributed by atoms with Gasteiger partial charge in [-0.1, -0.05) is 74.4 Å². The van der Waals surface area contributed by atoms with Crippen molar-refractivity contribution >= 4 is 0 Å². The fourth-order valence-electron chi connectivity index (χ4n) is 4.99. The quantitative estimate of drug-likeness (QED) is 0.113. The van der Waals surface area contributed by atoms with E-state index in [2.05, 4.69) is 11.7 Å². The molecule has 0 aliphatic rings. The monoisotopic (exact) mass is 608 g/mol. The minimum atomic E-state index is -4.33. The van der Waals surface area contributed by atoms with Crippen molar-refractivity contribution in [3.05, 3.63) is 137 Å². The average molecular weight is 609 g/mol. The fourth-order valence-corrected chi connectivity index (χ4v) is 4.99. The van der Waals surface area contributed by atoms with Crippen molar-refractivity contribution in [3.63, 3.8) is 0 Å². The molecule has 8 heteroatoms. The van der Waals surface area contributed by atoms with E-state index in [-0.39, 0.29) is 16.7 Å². The summed E-state index contributed by atoms with van der Waals surface area (Å²) >= 11 is 0. The molecule has 0 aromatic heterocycles. The summed E-state index contributed by atoms with van der Waals surface area (Å²) in [6, 6.07) is 20.1. The Kier molecular flexibility index (Phi) is 9.09. The Hall–Kier alpha value is -4.59. The third-order valence-corrected chi connectivity index (χ3v) is 7.31. The average Bonchev–Trinajstić information content (AvgIpc) is 2.98. The second-order valence-electron chi connectivity index (χ2n) is 10.4. The van der Waals surface area contributed by atoms with Crippen LogP contribution in [0.3, 0.4) is 0 Å². The van der Waals surface area contributed by atoms with Crippen molar-refractivity contribution in [1.29, 1.82) is 0 Å². The van der Waals surface area contributed by atoms with Gasteiger partial charge in [-0.3, -0.25) is 0 Å². The number of hydrogen-bond acceptors (Lipinski definition) is 1. The van der Waals surface area contributed by atoms with Crippen LogP contribution in [0.15, 0.2) is 97.1 Å². The number of ether oxygens (including phenoxy) is 1. The number of alkyl halides is 2. The predicted molar refractivity (Wildman–Crippen MR) is 157 cm³/mol. The van der Waals surface area contributed by atoms with Crippen molar-refractivity contribution in [2.45, 2.75) is 38.7 Å².